The molecule has 0 N–H and O–H groups in total. The quantitative estimate of drug-likeness (QED) is 0.842. The SMILES string of the molecule is COc1cccc(N2CCN(CC3(CS)CCC3)CC2)c1. The molecule has 116 valence electrons. The first-order valence-electron chi connectivity index (χ1n) is 7.97. The van der Waals surface area contributed by atoms with Gasteiger partial charge in [0.25, 0.3) is 0 Å². The molecule has 1 heterocycles. The lowest BCUT2D eigenvalue weighted by molar-refractivity contribution is 0.0869. The lowest BCUT2D eigenvalue weighted by Gasteiger charge is -2.46. The Hall–Kier alpha value is -0.870. The van der Waals surface area contributed by atoms with E-state index in [-0.39, 0.29) is 0 Å². The predicted octanol–water partition coefficient (Wildman–Crippen LogP) is 2.92. The number of anilines is 1. The summed E-state index contributed by atoms with van der Waals surface area (Å²) in [7, 11) is 1.73. The monoisotopic (exact) mass is 306 g/mol. The maximum absolute atomic E-state index is 5.32. The minimum Gasteiger partial charge on any atom is -0.497 e. The van der Waals surface area contributed by atoms with Crippen molar-refractivity contribution in [3.63, 3.8) is 0 Å². The molecule has 1 saturated heterocycles. The van der Waals surface area contributed by atoms with Gasteiger partial charge < -0.3 is 9.64 Å². The van der Waals surface area contributed by atoms with Crippen molar-refractivity contribution in [3.05, 3.63) is 24.3 Å². The number of nitrogens with zero attached hydrogens (tertiary/aromatic N) is 2. The lowest BCUT2D eigenvalue weighted by Crippen LogP contribution is -2.52. The molecular formula is C17H26N2OS. The molecule has 0 radical (unpaired) electrons. The van der Waals surface area contributed by atoms with E-state index in [1.54, 1.807) is 7.11 Å². The summed E-state index contributed by atoms with van der Waals surface area (Å²) < 4.78 is 5.32. The third-order valence-corrected chi connectivity index (χ3v) is 5.77. The van der Waals surface area contributed by atoms with Crippen LogP contribution in [0.3, 0.4) is 0 Å². The minimum absolute atomic E-state index is 0.515. The van der Waals surface area contributed by atoms with E-state index in [2.05, 4.69) is 40.6 Å². The predicted molar refractivity (Wildman–Crippen MR) is 91.8 cm³/mol. The Morgan fingerprint density at radius 3 is 2.52 bits per heavy atom. The van der Waals surface area contributed by atoms with Crippen molar-refractivity contribution in [1.29, 1.82) is 0 Å². The fraction of sp³-hybridized carbons (Fsp3) is 0.647. The smallest absolute Gasteiger partial charge is 0.120 e. The van der Waals surface area contributed by atoms with E-state index in [0.29, 0.717) is 5.41 Å². The number of ether oxygens (including phenoxy) is 1. The van der Waals surface area contributed by atoms with Gasteiger partial charge in [-0.15, -0.1) is 0 Å². The van der Waals surface area contributed by atoms with Gasteiger partial charge in [0.1, 0.15) is 5.75 Å². The second kappa shape index (κ2) is 6.49. The Labute approximate surface area is 133 Å². The topological polar surface area (TPSA) is 15.7 Å². The Morgan fingerprint density at radius 2 is 1.95 bits per heavy atom. The summed E-state index contributed by atoms with van der Waals surface area (Å²) in [5.41, 5.74) is 1.79. The van der Waals surface area contributed by atoms with Gasteiger partial charge in [-0.25, -0.2) is 0 Å². The van der Waals surface area contributed by atoms with E-state index in [9.17, 15) is 0 Å². The van der Waals surface area contributed by atoms with Crippen LogP contribution >= 0.6 is 12.6 Å². The van der Waals surface area contributed by atoms with Gasteiger partial charge in [0.15, 0.2) is 0 Å². The Kier molecular flexibility index (Phi) is 4.65. The molecule has 1 aromatic carbocycles. The van der Waals surface area contributed by atoms with E-state index in [1.807, 2.05) is 6.07 Å². The Balaban J connectivity index is 1.55. The summed E-state index contributed by atoms with van der Waals surface area (Å²) >= 11 is 4.58. The summed E-state index contributed by atoms with van der Waals surface area (Å²) in [6.07, 6.45) is 4.13. The number of hydrogen-bond donors (Lipinski definition) is 1. The van der Waals surface area contributed by atoms with Crippen LogP contribution in [0.15, 0.2) is 24.3 Å². The molecule has 2 aliphatic rings. The molecule has 0 bridgehead atoms. The molecule has 0 aromatic heterocycles. The standard InChI is InChI=1S/C17H26N2OS/c1-20-16-5-2-4-15(12-16)19-10-8-18(9-11-19)13-17(14-21)6-3-7-17/h2,4-5,12,21H,3,6-11,13-14H2,1H3. The van der Waals surface area contributed by atoms with E-state index in [4.69, 9.17) is 4.74 Å². The molecule has 0 unspecified atom stereocenters. The molecule has 1 aliphatic heterocycles. The van der Waals surface area contributed by atoms with Crippen LogP contribution in [0.1, 0.15) is 19.3 Å². The second-order valence-corrected chi connectivity index (χ2v) is 6.79. The largest absolute Gasteiger partial charge is 0.497 e. The van der Waals surface area contributed by atoms with Crippen LogP contribution in [0.5, 0.6) is 5.75 Å². The third kappa shape index (κ3) is 3.32. The normalized spacial score (nSPS) is 21.9. The molecule has 4 heteroatoms. The van der Waals surface area contributed by atoms with E-state index in [0.717, 1.165) is 37.7 Å². The highest BCUT2D eigenvalue weighted by Gasteiger charge is 2.37. The average molecular weight is 306 g/mol. The highest BCUT2D eigenvalue weighted by molar-refractivity contribution is 7.80. The van der Waals surface area contributed by atoms with Crippen molar-refractivity contribution in [2.24, 2.45) is 5.41 Å². The van der Waals surface area contributed by atoms with Crippen molar-refractivity contribution >= 4 is 18.3 Å². The zero-order valence-corrected chi connectivity index (χ0v) is 13.8. The molecule has 21 heavy (non-hydrogen) atoms. The molecular weight excluding hydrogens is 280 g/mol. The molecule has 1 aromatic rings. The summed E-state index contributed by atoms with van der Waals surface area (Å²) in [4.78, 5) is 5.10. The number of piperazine rings is 1. The molecule has 3 nitrogen and oxygen atoms in total. The highest BCUT2D eigenvalue weighted by Crippen LogP contribution is 2.42. The molecule has 3 rings (SSSR count). The van der Waals surface area contributed by atoms with Gasteiger partial charge in [-0.3, -0.25) is 4.90 Å². The van der Waals surface area contributed by atoms with Gasteiger partial charge in [-0.1, -0.05) is 12.5 Å². The Bertz CT molecular complexity index is 462. The van der Waals surface area contributed by atoms with Crippen molar-refractivity contribution in [2.75, 3.05) is 50.5 Å². The Morgan fingerprint density at radius 1 is 1.19 bits per heavy atom. The second-order valence-electron chi connectivity index (χ2n) is 6.48. The molecule has 1 aliphatic carbocycles. The fourth-order valence-corrected chi connectivity index (χ4v) is 3.90. The minimum atomic E-state index is 0.515. The van der Waals surface area contributed by atoms with Gasteiger partial charge >= 0.3 is 0 Å². The summed E-state index contributed by atoms with van der Waals surface area (Å²) in [5, 5.41) is 0. The summed E-state index contributed by atoms with van der Waals surface area (Å²) in [6, 6.07) is 8.40. The van der Waals surface area contributed by atoms with Gasteiger partial charge in [-0.2, -0.15) is 12.6 Å². The molecule has 2 fully saturated rings. The van der Waals surface area contributed by atoms with Crippen LogP contribution in [-0.2, 0) is 0 Å². The number of benzene rings is 1. The van der Waals surface area contributed by atoms with Crippen molar-refractivity contribution in [3.8, 4) is 5.75 Å². The van der Waals surface area contributed by atoms with Crippen molar-refractivity contribution in [1.82, 2.24) is 4.90 Å². The van der Waals surface area contributed by atoms with Crippen LogP contribution in [0.25, 0.3) is 0 Å². The molecule has 0 atom stereocenters. The van der Waals surface area contributed by atoms with Crippen LogP contribution in [-0.4, -0.2) is 50.5 Å². The van der Waals surface area contributed by atoms with Crippen molar-refractivity contribution in [2.45, 2.75) is 19.3 Å². The third-order valence-electron chi connectivity index (χ3n) is 5.10. The van der Waals surface area contributed by atoms with Crippen LogP contribution in [0.4, 0.5) is 5.69 Å². The lowest BCUT2D eigenvalue weighted by atomic mass is 9.70. The number of hydrogen-bond acceptors (Lipinski definition) is 4. The average Bonchev–Trinajstić information content (AvgIpc) is 2.51. The first-order chi connectivity index (χ1) is 10.2. The zero-order chi connectivity index (χ0) is 14.7. The van der Waals surface area contributed by atoms with Gasteiger partial charge in [0.05, 0.1) is 7.11 Å². The molecule has 1 saturated carbocycles. The van der Waals surface area contributed by atoms with Crippen LogP contribution in [0.2, 0.25) is 0 Å². The molecule has 0 spiro atoms. The van der Waals surface area contributed by atoms with Gasteiger partial charge in [0.2, 0.25) is 0 Å². The van der Waals surface area contributed by atoms with E-state index >= 15 is 0 Å². The molecule has 0 amide bonds. The number of rotatable bonds is 5. The van der Waals surface area contributed by atoms with Crippen molar-refractivity contribution < 1.29 is 4.74 Å². The van der Waals surface area contributed by atoms with E-state index < -0.39 is 0 Å². The van der Waals surface area contributed by atoms with Gasteiger partial charge in [0, 0.05) is 44.5 Å². The first-order valence-corrected chi connectivity index (χ1v) is 8.60. The first kappa shape index (κ1) is 15.0. The maximum Gasteiger partial charge on any atom is 0.120 e. The summed E-state index contributed by atoms with van der Waals surface area (Å²) in [6.45, 7) is 5.77. The van der Waals surface area contributed by atoms with E-state index in [1.165, 1.54) is 31.5 Å². The number of methoxy groups -OCH3 is 1. The summed E-state index contributed by atoms with van der Waals surface area (Å²) in [5.74, 6) is 1.99. The fourth-order valence-electron chi connectivity index (χ4n) is 3.49. The van der Waals surface area contributed by atoms with Gasteiger partial charge in [-0.05, 0) is 36.1 Å². The van der Waals surface area contributed by atoms with Crippen LogP contribution < -0.4 is 9.64 Å². The maximum atomic E-state index is 5.32. The number of thiol groups is 1. The zero-order valence-electron chi connectivity index (χ0n) is 12.9. The van der Waals surface area contributed by atoms with Crippen LogP contribution in [0, 0.1) is 5.41 Å². The highest BCUT2D eigenvalue weighted by atomic mass is 32.1.